The maximum absolute atomic E-state index is 15.6. The molecule has 0 aromatic heterocycles. The maximum atomic E-state index is 15.6. The number of aliphatic imine (C=N–C) groups is 1. The standard InChI is InChI=1S/C34H40N4O3.ClH/c1-3-4-14-21-37-23-29(25(2)22-31(37)32(39)40)30-24-38(41,33(35)36-30)34(26-15-8-5-9-16-26,27-17-10-6-11-18-27)28-19-12-7-13-20-28;/h5-13,15-20,24-25,29,31H,3-4,14,21-23H2,1-2H3,(H2,35,36)(H,39,40);1H. The summed E-state index contributed by atoms with van der Waals surface area (Å²) in [5.41, 5.74) is 8.54. The molecule has 0 amide bonds. The van der Waals surface area contributed by atoms with Crippen molar-refractivity contribution in [2.24, 2.45) is 22.6 Å². The monoisotopic (exact) mass is 588 g/mol. The van der Waals surface area contributed by atoms with E-state index in [-0.39, 0.29) is 30.2 Å². The van der Waals surface area contributed by atoms with Gasteiger partial charge in [-0.05, 0) is 25.3 Å². The van der Waals surface area contributed by atoms with Crippen LogP contribution in [0.5, 0.6) is 0 Å². The van der Waals surface area contributed by atoms with Crippen LogP contribution in [0, 0.1) is 17.0 Å². The van der Waals surface area contributed by atoms with Crippen LogP contribution in [0.15, 0.2) is 108 Å². The van der Waals surface area contributed by atoms with Crippen molar-refractivity contribution in [3.8, 4) is 0 Å². The van der Waals surface area contributed by atoms with Gasteiger partial charge in [0.2, 0.25) is 0 Å². The van der Waals surface area contributed by atoms with E-state index in [9.17, 15) is 9.90 Å². The number of piperidine rings is 1. The number of aliphatic carboxylic acids is 1. The number of quaternary nitrogens is 1. The Morgan fingerprint density at radius 3 is 1.93 bits per heavy atom. The number of nitrogens with two attached hydrogens (primary N) is 1. The van der Waals surface area contributed by atoms with Gasteiger partial charge >= 0.3 is 11.9 Å². The van der Waals surface area contributed by atoms with Crippen molar-refractivity contribution in [3.63, 3.8) is 0 Å². The Kier molecular flexibility index (Phi) is 9.89. The van der Waals surface area contributed by atoms with Crippen molar-refractivity contribution in [1.82, 2.24) is 4.90 Å². The summed E-state index contributed by atoms with van der Waals surface area (Å²) in [5.74, 6) is -0.908. The third kappa shape index (κ3) is 5.50. The molecule has 0 radical (unpaired) electrons. The second kappa shape index (κ2) is 13.2. The second-order valence-electron chi connectivity index (χ2n) is 11.4. The highest BCUT2D eigenvalue weighted by Gasteiger charge is 2.55. The van der Waals surface area contributed by atoms with Crippen molar-refractivity contribution < 1.29 is 14.5 Å². The molecule has 3 N–H and O–H groups in total. The van der Waals surface area contributed by atoms with Crippen molar-refractivity contribution in [3.05, 3.63) is 125 Å². The Balaban J connectivity index is 0.00000405. The molecule has 2 aliphatic heterocycles. The zero-order valence-electron chi connectivity index (χ0n) is 24.3. The average molecular weight is 589 g/mol. The van der Waals surface area contributed by atoms with Gasteiger partial charge in [-0.15, -0.1) is 12.4 Å². The predicted octanol–water partition coefficient (Wildman–Crippen LogP) is 6.49. The topological polar surface area (TPSA) is 102 Å². The molecule has 4 unspecified atom stereocenters. The number of unbranched alkanes of at least 4 members (excludes halogenated alkanes) is 2. The van der Waals surface area contributed by atoms with Gasteiger partial charge in [-0.2, -0.15) is 4.99 Å². The lowest BCUT2D eigenvalue weighted by molar-refractivity contribution is -0.788. The van der Waals surface area contributed by atoms with Gasteiger partial charge in [0.25, 0.3) is 0 Å². The fourth-order valence-electron chi connectivity index (χ4n) is 6.73. The molecule has 8 heteroatoms. The normalized spacial score (nSPS) is 24.4. The van der Waals surface area contributed by atoms with Gasteiger partial charge in [-0.1, -0.05) is 118 Å². The first-order chi connectivity index (χ1) is 19.8. The number of rotatable bonds is 10. The highest BCUT2D eigenvalue weighted by atomic mass is 35.5. The third-order valence-corrected chi connectivity index (χ3v) is 8.84. The molecule has 0 bridgehead atoms. The summed E-state index contributed by atoms with van der Waals surface area (Å²) >= 11 is 0. The average Bonchev–Trinajstić information content (AvgIpc) is 3.30. The summed E-state index contributed by atoms with van der Waals surface area (Å²) in [5, 5.41) is 25.6. The molecule has 3 aromatic rings. The van der Waals surface area contributed by atoms with Gasteiger partial charge in [0.15, 0.2) is 5.54 Å². The lowest BCUT2D eigenvalue weighted by Crippen LogP contribution is -2.61. The SMILES string of the molecule is CCCCCN1CC(C2=C[N+]([O-])(C(c3ccccc3)(c3ccccc3)c3ccccc3)C(N)=N2)C(C)CC1C(=O)O.Cl. The lowest BCUT2D eigenvalue weighted by Gasteiger charge is -2.52. The molecule has 0 saturated carbocycles. The van der Waals surface area contributed by atoms with Gasteiger partial charge in [0.1, 0.15) is 17.9 Å². The summed E-state index contributed by atoms with van der Waals surface area (Å²) in [6.07, 6.45) is 5.24. The number of carboxylic acids is 1. The van der Waals surface area contributed by atoms with Gasteiger partial charge in [0, 0.05) is 29.2 Å². The number of hydroxylamine groups is 3. The summed E-state index contributed by atoms with van der Waals surface area (Å²) in [6.45, 7) is 5.44. The molecule has 0 aliphatic carbocycles. The minimum Gasteiger partial charge on any atom is -0.619 e. The molecule has 1 fully saturated rings. The molecule has 7 nitrogen and oxygen atoms in total. The molecular formula is C34H41ClN4O3. The second-order valence-corrected chi connectivity index (χ2v) is 11.4. The predicted molar refractivity (Wildman–Crippen MR) is 170 cm³/mol. The van der Waals surface area contributed by atoms with E-state index < -0.39 is 22.2 Å². The number of nitrogens with zero attached hydrogens (tertiary/aromatic N) is 3. The van der Waals surface area contributed by atoms with Crippen LogP contribution < -0.4 is 5.73 Å². The Morgan fingerprint density at radius 2 is 1.48 bits per heavy atom. The largest absolute Gasteiger partial charge is 0.619 e. The van der Waals surface area contributed by atoms with E-state index in [1.54, 1.807) is 6.20 Å². The number of carboxylic acid groups (broad SMARTS) is 1. The number of likely N-dealkylation sites (tertiary alicyclic amines) is 1. The fraction of sp³-hybridized carbons (Fsp3) is 0.353. The first kappa shape index (κ1) is 31.4. The van der Waals surface area contributed by atoms with Crippen LogP contribution in [0.1, 0.15) is 56.2 Å². The Hall–Kier alpha value is -3.49. The number of hydrogen-bond donors (Lipinski definition) is 2. The number of halogens is 1. The quantitative estimate of drug-likeness (QED) is 0.122. The summed E-state index contributed by atoms with van der Waals surface area (Å²) in [6, 6.07) is 28.8. The van der Waals surface area contributed by atoms with E-state index in [0.29, 0.717) is 25.2 Å². The van der Waals surface area contributed by atoms with Gasteiger partial charge in [-0.3, -0.25) is 14.3 Å². The third-order valence-electron chi connectivity index (χ3n) is 8.84. The molecule has 2 heterocycles. The summed E-state index contributed by atoms with van der Waals surface area (Å²) in [7, 11) is 0. The van der Waals surface area contributed by atoms with Crippen molar-refractivity contribution in [2.75, 3.05) is 13.1 Å². The van der Waals surface area contributed by atoms with Gasteiger partial charge < -0.3 is 16.0 Å². The lowest BCUT2D eigenvalue weighted by atomic mass is 9.75. The zero-order valence-corrected chi connectivity index (χ0v) is 25.1. The number of guanidine groups is 1. The number of carbonyl (C=O) groups is 1. The highest BCUT2D eigenvalue weighted by molar-refractivity contribution is 5.85. The molecule has 222 valence electrons. The first-order valence-electron chi connectivity index (χ1n) is 14.6. The molecular weight excluding hydrogens is 548 g/mol. The molecule has 4 atom stereocenters. The van der Waals surface area contributed by atoms with E-state index in [0.717, 1.165) is 36.0 Å². The minimum atomic E-state index is -1.25. The van der Waals surface area contributed by atoms with E-state index in [1.165, 1.54) is 0 Å². The van der Waals surface area contributed by atoms with Gasteiger partial charge in [0.05, 0.1) is 0 Å². The highest BCUT2D eigenvalue weighted by Crippen LogP contribution is 2.50. The Bertz CT molecular complexity index is 1300. The fourth-order valence-corrected chi connectivity index (χ4v) is 6.73. The molecule has 5 rings (SSSR count). The first-order valence-corrected chi connectivity index (χ1v) is 14.6. The molecule has 0 spiro atoms. The summed E-state index contributed by atoms with van der Waals surface area (Å²) < 4.78 is -0.984. The van der Waals surface area contributed by atoms with E-state index in [4.69, 9.17) is 10.7 Å². The summed E-state index contributed by atoms with van der Waals surface area (Å²) in [4.78, 5) is 19.0. The van der Waals surface area contributed by atoms with Crippen LogP contribution >= 0.6 is 12.4 Å². The van der Waals surface area contributed by atoms with Crippen LogP contribution in [-0.2, 0) is 10.3 Å². The van der Waals surface area contributed by atoms with Crippen LogP contribution in [0.25, 0.3) is 0 Å². The van der Waals surface area contributed by atoms with Crippen LogP contribution in [0.4, 0.5) is 0 Å². The molecule has 1 saturated heterocycles. The minimum absolute atomic E-state index is 0. The van der Waals surface area contributed by atoms with E-state index >= 15 is 5.21 Å². The Labute approximate surface area is 255 Å². The Morgan fingerprint density at radius 1 is 0.976 bits per heavy atom. The van der Waals surface area contributed by atoms with Crippen molar-refractivity contribution in [1.29, 1.82) is 0 Å². The molecule has 2 aliphatic rings. The zero-order chi connectivity index (χ0) is 29.0. The maximum Gasteiger partial charge on any atom is 0.320 e. The van der Waals surface area contributed by atoms with Crippen molar-refractivity contribution in [2.45, 2.75) is 51.1 Å². The number of benzene rings is 3. The van der Waals surface area contributed by atoms with Crippen LogP contribution in [0.3, 0.4) is 0 Å². The van der Waals surface area contributed by atoms with Crippen LogP contribution in [0.2, 0.25) is 0 Å². The molecule has 42 heavy (non-hydrogen) atoms. The smallest absolute Gasteiger partial charge is 0.320 e. The van der Waals surface area contributed by atoms with Gasteiger partial charge in [-0.25, -0.2) is 0 Å². The van der Waals surface area contributed by atoms with E-state index in [2.05, 4.69) is 18.7 Å². The van der Waals surface area contributed by atoms with E-state index in [1.807, 2.05) is 91.0 Å². The van der Waals surface area contributed by atoms with Crippen LogP contribution in [-0.4, -0.2) is 45.7 Å². The molecule has 3 aromatic carbocycles. The number of hydrogen-bond acceptors (Lipinski definition) is 5. The van der Waals surface area contributed by atoms with Crippen molar-refractivity contribution >= 4 is 24.3 Å².